The Labute approximate surface area is 127 Å². The number of rotatable bonds is 5. The van der Waals surface area contributed by atoms with Crippen LogP contribution in [0.1, 0.15) is 87.0 Å². The maximum absolute atomic E-state index is 12.0. The van der Waals surface area contributed by atoms with Crippen LogP contribution in [-0.4, -0.2) is 5.92 Å². The van der Waals surface area contributed by atoms with Crippen LogP contribution in [0.4, 0.5) is 8.78 Å². The van der Waals surface area contributed by atoms with Gasteiger partial charge in [0, 0.05) is 6.42 Å². The van der Waals surface area contributed by atoms with Gasteiger partial charge in [0.15, 0.2) is 0 Å². The van der Waals surface area contributed by atoms with Crippen LogP contribution in [0, 0.1) is 11.8 Å². The summed E-state index contributed by atoms with van der Waals surface area (Å²) < 4.78 is 24.1. The van der Waals surface area contributed by atoms with Crippen molar-refractivity contribution >= 4 is 0 Å². The predicted molar refractivity (Wildman–Crippen MR) is 89.5 cm³/mol. The zero-order chi connectivity index (χ0) is 16.6. The molecule has 1 aliphatic carbocycles. The molecule has 1 aliphatic rings. The zero-order valence-electron chi connectivity index (χ0n) is 14.9. The van der Waals surface area contributed by atoms with Crippen LogP contribution in [0.25, 0.3) is 0 Å². The first-order chi connectivity index (χ1) is 9.32. The number of hydrogen-bond acceptors (Lipinski definition) is 0. The number of alkyl halides is 2. The van der Waals surface area contributed by atoms with Gasteiger partial charge in [-0.2, -0.15) is 0 Å². The van der Waals surface area contributed by atoms with Crippen LogP contribution in [0.15, 0.2) is 12.7 Å². The Balaban J connectivity index is -0.000000220. The predicted octanol–water partition coefficient (Wildman–Crippen LogP) is 7.49. The van der Waals surface area contributed by atoms with Gasteiger partial charge in [0.25, 0.3) is 5.92 Å². The molecule has 20 heavy (non-hydrogen) atoms. The molecule has 124 valence electrons. The maximum Gasteiger partial charge on any atom is 0.266 e. The van der Waals surface area contributed by atoms with Gasteiger partial charge >= 0.3 is 0 Å². The molecule has 0 bridgehead atoms. The van der Waals surface area contributed by atoms with Gasteiger partial charge in [0.05, 0.1) is 0 Å². The summed E-state index contributed by atoms with van der Waals surface area (Å²) in [5.74, 6) is -0.582. The molecule has 0 saturated heterocycles. The molecule has 0 amide bonds. The second kappa shape index (κ2) is 16.7. The third-order valence-electron chi connectivity index (χ3n) is 2.38. The molecular weight excluding hydrogens is 254 g/mol. The van der Waals surface area contributed by atoms with Crippen molar-refractivity contribution in [2.24, 2.45) is 11.8 Å². The van der Waals surface area contributed by atoms with E-state index in [1.807, 2.05) is 13.8 Å². The highest BCUT2D eigenvalue weighted by Crippen LogP contribution is 2.34. The lowest BCUT2D eigenvalue weighted by atomic mass is 10.1. The summed E-state index contributed by atoms with van der Waals surface area (Å²) in [6, 6.07) is 0. The molecule has 0 aromatic rings. The molecule has 0 nitrogen and oxygen atoms in total. The van der Waals surface area contributed by atoms with Crippen LogP contribution in [0.2, 0.25) is 0 Å². The van der Waals surface area contributed by atoms with E-state index in [9.17, 15) is 8.78 Å². The average Bonchev–Trinajstić information content (AvgIpc) is 3.17. The standard InChI is InChI=1S/C7H14.C6H10F2.C3H8.C2H6/c1-6(2)5-7-3-4-7;1-3-5-6(7,8)4-2;1-3-2;1-2/h6-7H,3-5H2,1-2H3;4H,2-3,5H2,1H3;3H2,1-2H3;1-2H3. The van der Waals surface area contributed by atoms with E-state index in [0.29, 0.717) is 12.5 Å². The molecule has 1 saturated carbocycles. The first kappa shape index (κ1) is 24.6. The van der Waals surface area contributed by atoms with Crippen LogP contribution < -0.4 is 0 Å². The van der Waals surface area contributed by atoms with Crippen LogP contribution in [0.3, 0.4) is 0 Å². The van der Waals surface area contributed by atoms with Crippen LogP contribution in [0.5, 0.6) is 0 Å². The van der Waals surface area contributed by atoms with Crippen molar-refractivity contribution in [2.75, 3.05) is 0 Å². The summed E-state index contributed by atoms with van der Waals surface area (Å²) in [4.78, 5) is 0. The van der Waals surface area contributed by atoms with E-state index in [0.717, 1.165) is 11.8 Å². The lowest BCUT2D eigenvalue weighted by Crippen LogP contribution is -2.09. The summed E-state index contributed by atoms with van der Waals surface area (Å²) in [7, 11) is 0. The van der Waals surface area contributed by atoms with Gasteiger partial charge in [-0.05, 0) is 24.3 Å². The van der Waals surface area contributed by atoms with Crippen LogP contribution in [-0.2, 0) is 0 Å². The van der Waals surface area contributed by atoms with Gasteiger partial charge in [-0.3, -0.25) is 0 Å². The van der Waals surface area contributed by atoms with Crippen molar-refractivity contribution in [1.82, 2.24) is 0 Å². The molecule has 2 heteroatoms. The Morgan fingerprint density at radius 1 is 1.15 bits per heavy atom. The monoisotopic (exact) mass is 292 g/mol. The van der Waals surface area contributed by atoms with E-state index in [1.54, 1.807) is 6.92 Å². The fourth-order valence-electron chi connectivity index (χ4n) is 1.46. The van der Waals surface area contributed by atoms with Gasteiger partial charge in [-0.25, -0.2) is 8.78 Å². The van der Waals surface area contributed by atoms with E-state index < -0.39 is 5.92 Å². The fraction of sp³-hybridized carbons (Fsp3) is 0.889. The largest absolute Gasteiger partial charge is 0.266 e. The van der Waals surface area contributed by atoms with Crippen molar-refractivity contribution in [2.45, 2.75) is 92.9 Å². The third kappa shape index (κ3) is 26.2. The topological polar surface area (TPSA) is 0 Å². The lowest BCUT2D eigenvalue weighted by Gasteiger charge is -2.07. The molecule has 0 spiro atoms. The summed E-state index contributed by atoms with van der Waals surface area (Å²) in [6.45, 7) is 17.6. The van der Waals surface area contributed by atoms with E-state index in [-0.39, 0.29) is 6.42 Å². The Morgan fingerprint density at radius 3 is 1.65 bits per heavy atom. The molecule has 1 rings (SSSR count). The highest BCUT2D eigenvalue weighted by molar-refractivity contribution is 4.85. The Bertz CT molecular complexity index is 182. The minimum Gasteiger partial charge on any atom is -0.202 e. The normalized spacial score (nSPS) is 13.1. The third-order valence-corrected chi connectivity index (χ3v) is 2.38. The minimum atomic E-state index is -2.64. The van der Waals surface area contributed by atoms with Gasteiger partial charge < -0.3 is 0 Å². The second-order valence-electron chi connectivity index (χ2n) is 5.50. The lowest BCUT2D eigenvalue weighted by molar-refractivity contribution is 0.0453. The molecule has 0 radical (unpaired) electrons. The van der Waals surface area contributed by atoms with E-state index in [2.05, 4.69) is 34.3 Å². The van der Waals surface area contributed by atoms with Gasteiger partial charge in [-0.1, -0.05) is 80.7 Å². The van der Waals surface area contributed by atoms with Gasteiger partial charge in [0.2, 0.25) is 0 Å². The number of hydrogen-bond donors (Lipinski definition) is 0. The van der Waals surface area contributed by atoms with Crippen molar-refractivity contribution in [3.63, 3.8) is 0 Å². The maximum atomic E-state index is 12.0. The molecule has 0 aliphatic heterocycles. The molecule has 1 fully saturated rings. The van der Waals surface area contributed by atoms with E-state index >= 15 is 0 Å². The van der Waals surface area contributed by atoms with Gasteiger partial charge in [-0.15, -0.1) is 0 Å². The molecule has 0 unspecified atom stereocenters. The minimum absolute atomic E-state index is 0.0868. The van der Waals surface area contributed by atoms with Crippen molar-refractivity contribution in [1.29, 1.82) is 0 Å². The summed E-state index contributed by atoms with van der Waals surface area (Å²) in [5, 5.41) is 0. The summed E-state index contributed by atoms with van der Waals surface area (Å²) >= 11 is 0. The molecule has 0 heterocycles. The molecule has 0 aromatic heterocycles. The highest BCUT2D eigenvalue weighted by Gasteiger charge is 2.21. The first-order valence-corrected chi connectivity index (χ1v) is 8.34. The summed E-state index contributed by atoms with van der Waals surface area (Å²) in [5.41, 5.74) is 0. The van der Waals surface area contributed by atoms with E-state index in [1.165, 1.54) is 25.7 Å². The van der Waals surface area contributed by atoms with Gasteiger partial charge in [0.1, 0.15) is 0 Å². The Hall–Kier alpha value is -0.400. The fourth-order valence-corrected chi connectivity index (χ4v) is 1.46. The molecular formula is C18H38F2. The zero-order valence-corrected chi connectivity index (χ0v) is 14.9. The van der Waals surface area contributed by atoms with Crippen LogP contribution >= 0.6 is 0 Å². The smallest absolute Gasteiger partial charge is 0.202 e. The quantitative estimate of drug-likeness (QED) is 0.460. The Kier molecular flexibility index (Phi) is 20.5. The van der Waals surface area contributed by atoms with Crippen molar-refractivity contribution < 1.29 is 8.78 Å². The Morgan fingerprint density at radius 2 is 1.55 bits per heavy atom. The SMILES string of the molecule is C=CC(F)(F)CCC.CC.CC(C)CC1CC1.CCC. The molecule has 0 atom stereocenters. The molecule has 0 aromatic carbocycles. The average molecular weight is 292 g/mol. The van der Waals surface area contributed by atoms with Crippen molar-refractivity contribution in [3.8, 4) is 0 Å². The number of allylic oxidation sites excluding steroid dienone is 1. The number of halogens is 2. The van der Waals surface area contributed by atoms with Crippen molar-refractivity contribution in [3.05, 3.63) is 12.7 Å². The first-order valence-electron chi connectivity index (χ1n) is 8.34. The van der Waals surface area contributed by atoms with E-state index in [4.69, 9.17) is 0 Å². The molecule has 0 N–H and O–H groups in total. The summed E-state index contributed by atoms with van der Waals surface area (Å²) in [6.07, 6.45) is 6.85. The highest BCUT2D eigenvalue weighted by atomic mass is 19.3. The second-order valence-corrected chi connectivity index (χ2v) is 5.50.